The van der Waals surface area contributed by atoms with Crippen LogP contribution in [0.3, 0.4) is 0 Å². The molecule has 1 N–H and O–H groups in total. The van der Waals surface area contributed by atoms with Crippen molar-refractivity contribution in [3.8, 4) is 0 Å². The lowest BCUT2D eigenvalue weighted by Crippen LogP contribution is -2.57. The maximum atomic E-state index is 9.45. The smallest absolute Gasteiger partial charge is 0.0794 e. The Kier molecular flexibility index (Phi) is 3.68. The minimum absolute atomic E-state index is 0.105. The normalized spacial score (nSPS) is 21.3. The third-order valence-electron chi connectivity index (χ3n) is 4.89. The number of nitrogens with zero attached hydrogens (tertiary/aromatic N) is 3. The molecule has 2 aliphatic heterocycles. The molecule has 2 aromatic rings. The van der Waals surface area contributed by atoms with Gasteiger partial charge in [0.05, 0.1) is 11.6 Å². The van der Waals surface area contributed by atoms with E-state index in [1.807, 2.05) is 18.3 Å². The van der Waals surface area contributed by atoms with Crippen LogP contribution in [0.15, 0.2) is 30.5 Å². The third kappa shape index (κ3) is 2.56. The predicted molar refractivity (Wildman–Crippen MR) is 89.6 cm³/mol. The Balaban J connectivity index is 1.51. The van der Waals surface area contributed by atoms with E-state index in [1.54, 1.807) is 0 Å². The summed E-state index contributed by atoms with van der Waals surface area (Å²) in [6.07, 6.45) is 4.08. The van der Waals surface area contributed by atoms with Crippen molar-refractivity contribution in [1.82, 2.24) is 9.88 Å². The molecule has 0 radical (unpaired) electrons. The maximum Gasteiger partial charge on any atom is 0.0794 e. The quantitative estimate of drug-likeness (QED) is 0.924. The minimum Gasteiger partial charge on any atom is -0.390 e. The number of aliphatic hydroxyl groups excluding tert-OH is 1. The van der Waals surface area contributed by atoms with Gasteiger partial charge in [0.2, 0.25) is 0 Å². The molecule has 4 nitrogen and oxygen atoms in total. The van der Waals surface area contributed by atoms with Crippen molar-refractivity contribution in [2.45, 2.75) is 25.0 Å². The molecule has 1 aromatic heterocycles. The van der Waals surface area contributed by atoms with Gasteiger partial charge in [0.15, 0.2) is 0 Å². The molecular weight excluding hydrogens is 298 g/mol. The van der Waals surface area contributed by atoms with Crippen LogP contribution in [0.4, 0.5) is 5.69 Å². The highest BCUT2D eigenvalue weighted by molar-refractivity contribution is 6.31. The van der Waals surface area contributed by atoms with E-state index in [0.29, 0.717) is 6.04 Å². The van der Waals surface area contributed by atoms with Crippen LogP contribution in [0.1, 0.15) is 12.8 Å². The van der Waals surface area contributed by atoms with Gasteiger partial charge in [-0.05, 0) is 37.1 Å². The summed E-state index contributed by atoms with van der Waals surface area (Å²) < 4.78 is 0. The molecule has 116 valence electrons. The zero-order chi connectivity index (χ0) is 15.1. The van der Waals surface area contributed by atoms with Crippen molar-refractivity contribution < 1.29 is 5.11 Å². The predicted octanol–water partition coefficient (Wildman–Crippen LogP) is 2.53. The second-order valence-corrected chi connectivity index (χ2v) is 6.75. The Hall–Kier alpha value is -1.36. The van der Waals surface area contributed by atoms with E-state index in [1.165, 1.54) is 11.1 Å². The molecule has 0 amide bonds. The van der Waals surface area contributed by atoms with Gasteiger partial charge in [0, 0.05) is 54.5 Å². The van der Waals surface area contributed by atoms with Crippen LogP contribution in [0.2, 0.25) is 5.02 Å². The molecule has 5 heteroatoms. The highest BCUT2D eigenvalue weighted by Gasteiger charge is 2.33. The van der Waals surface area contributed by atoms with E-state index < -0.39 is 0 Å². The Morgan fingerprint density at radius 2 is 1.91 bits per heavy atom. The zero-order valence-corrected chi connectivity index (χ0v) is 13.2. The van der Waals surface area contributed by atoms with Crippen molar-refractivity contribution in [2.24, 2.45) is 0 Å². The lowest BCUT2D eigenvalue weighted by atomic mass is 9.98. The highest BCUT2D eigenvalue weighted by Crippen LogP contribution is 2.31. The second-order valence-electron chi connectivity index (χ2n) is 6.32. The Labute approximate surface area is 135 Å². The van der Waals surface area contributed by atoms with Gasteiger partial charge in [-0.2, -0.15) is 0 Å². The summed E-state index contributed by atoms with van der Waals surface area (Å²) in [5.74, 6) is 0. The van der Waals surface area contributed by atoms with Crippen LogP contribution in [0, 0.1) is 0 Å². The number of anilines is 1. The maximum absolute atomic E-state index is 9.45. The molecule has 22 heavy (non-hydrogen) atoms. The summed E-state index contributed by atoms with van der Waals surface area (Å²) in [6, 6.07) is 8.65. The lowest BCUT2D eigenvalue weighted by Gasteiger charge is -2.45. The van der Waals surface area contributed by atoms with Crippen LogP contribution < -0.4 is 4.90 Å². The van der Waals surface area contributed by atoms with E-state index in [9.17, 15) is 5.11 Å². The van der Waals surface area contributed by atoms with Crippen molar-refractivity contribution in [2.75, 3.05) is 31.1 Å². The van der Waals surface area contributed by atoms with Gasteiger partial charge in [0.1, 0.15) is 0 Å². The van der Waals surface area contributed by atoms with Crippen molar-refractivity contribution >= 4 is 28.2 Å². The van der Waals surface area contributed by atoms with Crippen LogP contribution in [-0.4, -0.2) is 53.3 Å². The first-order valence-corrected chi connectivity index (χ1v) is 8.30. The molecule has 0 atom stereocenters. The number of hydrogen-bond donors (Lipinski definition) is 1. The number of rotatable bonds is 2. The fourth-order valence-electron chi connectivity index (χ4n) is 3.64. The standard InChI is InChI=1S/C17H20ClN3O/c18-12-1-2-15-16(9-12)19-6-3-17(15)20-7-4-13(5-8-20)21-10-14(22)11-21/h1-3,6,9,13-14,22H,4-5,7-8,10-11H2. The van der Waals surface area contributed by atoms with Gasteiger partial charge in [-0.1, -0.05) is 11.6 Å². The molecule has 2 fully saturated rings. The molecule has 0 spiro atoms. The zero-order valence-electron chi connectivity index (χ0n) is 12.5. The molecule has 2 aliphatic rings. The molecule has 0 saturated carbocycles. The number of aromatic nitrogens is 1. The number of hydrogen-bond acceptors (Lipinski definition) is 4. The summed E-state index contributed by atoms with van der Waals surface area (Å²) in [7, 11) is 0. The van der Waals surface area contributed by atoms with E-state index in [-0.39, 0.29) is 6.10 Å². The van der Waals surface area contributed by atoms with Crippen LogP contribution in [-0.2, 0) is 0 Å². The first-order valence-electron chi connectivity index (χ1n) is 7.92. The first kappa shape index (κ1) is 14.2. The summed E-state index contributed by atoms with van der Waals surface area (Å²) in [5.41, 5.74) is 2.21. The largest absolute Gasteiger partial charge is 0.390 e. The number of likely N-dealkylation sites (tertiary alicyclic amines) is 1. The molecule has 3 heterocycles. The summed E-state index contributed by atoms with van der Waals surface area (Å²) in [6.45, 7) is 3.81. The molecule has 1 aromatic carbocycles. The summed E-state index contributed by atoms with van der Waals surface area (Å²) in [4.78, 5) is 9.28. The molecule has 0 bridgehead atoms. The van der Waals surface area contributed by atoms with Crippen molar-refractivity contribution in [3.05, 3.63) is 35.5 Å². The fraction of sp³-hybridized carbons (Fsp3) is 0.471. The highest BCUT2D eigenvalue weighted by atomic mass is 35.5. The van der Waals surface area contributed by atoms with Crippen LogP contribution in [0.25, 0.3) is 10.9 Å². The average Bonchev–Trinajstić information content (AvgIpc) is 2.51. The van der Waals surface area contributed by atoms with E-state index in [0.717, 1.165) is 49.6 Å². The number of aliphatic hydroxyl groups is 1. The van der Waals surface area contributed by atoms with E-state index in [4.69, 9.17) is 11.6 Å². The monoisotopic (exact) mass is 317 g/mol. The molecule has 0 aliphatic carbocycles. The Morgan fingerprint density at radius 3 is 2.64 bits per heavy atom. The van der Waals surface area contributed by atoms with E-state index >= 15 is 0 Å². The second kappa shape index (κ2) is 5.69. The van der Waals surface area contributed by atoms with Gasteiger partial charge in [-0.25, -0.2) is 0 Å². The van der Waals surface area contributed by atoms with Gasteiger partial charge in [-0.3, -0.25) is 9.88 Å². The third-order valence-corrected chi connectivity index (χ3v) is 5.13. The van der Waals surface area contributed by atoms with Gasteiger partial charge in [-0.15, -0.1) is 0 Å². The molecule has 4 rings (SSSR count). The number of piperidine rings is 1. The van der Waals surface area contributed by atoms with Gasteiger partial charge >= 0.3 is 0 Å². The summed E-state index contributed by atoms with van der Waals surface area (Å²) >= 11 is 6.07. The Bertz CT molecular complexity index is 679. The van der Waals surface area contributed by atoms with Crippen molar-refractivity contribution in [1.29, 1.82) is 0 Å². The number of pyridine rings is 1. The SMILES string of the molecule is OC1CN(C2CCN(c3ccnc4cc(Cl)ccc34)CC2)C1. The van der Waals surface area contributed by atoms with Gasteiger partial charge in [0.25, 0.3) is 0 Å². The number of benzene rings is 1. The topological polar surface area (TPSA) is 39.6 Å². The molecular formula is C17H20ClN3O. The molecule has 0 unspecified atom stereocenters. The van der Waals surface area contributed by atoms with Crippen LogP contribution in [0.5, 0.6) is 0 Å². The number of halogens is 1. The van der Waals surface area contributed by atoms with E-state index in [2.05, 4.69) is 26.9 Å². The minimum atomic E-state index is -0.105. The number of β-amino-alcohol motifs (C(OH)–C–C–N with tert-alkyl or cyclic N) is 1. The first-order chi connectivity index (χ1) is 10.7. The average molecular weight is 318 g/mol. The van der Waals surface area contributed by atoms with Crippen LogP contribution >= 0.6 is 11.6 Å². The molecule has 2 saturated heterocycles. The summed E-state index contributed by atoms with van der Waals surface area (Å²) in [5, 5.41) is 11.3. The number of fused-ring (bicyclic) bond motifs is 1. The fourth-order valence-corrected chi connectivity index (χ4v) is 3.81. The lowest BCUT2D eigenvalue weighted by molar-refractivity contribution is -0.0300. The Morgan fingerprint density at radius 1 is 1.14 bits per heavy atom. The van der Waals surface area contributed by atoms with Gasteiger partial charge < -0.3 is 10.0 Å². The van der Waals surface area contributed by atoms with Crippen molar-refractivity contribution in [3.63, 3.8) is 0 Å².